The minimum Gasteiger partial charge on any atom is -0.378 e. The molecular weight excluding hydrogens is 311 g/mol. The molecule has 0 saturated heterocycles. The van der Waals surface area contributed by atoms with E-state index in [2.05, 4.69) is 5.32 Å². The Hall–Kier alpha value is -0.810. The Kier molecular flexibility index (Phi) is 5.67. The van der Waals surface area contributed by atoms with E-state index in [1.165, 1.54) is 0 Å². The summed E-state index contributed by atoms with van der Waals surface area (Å²) in [6, 6.07) is 6.98. The highest BCUT2D eigenvalue weighted by molar-refractivity contribution is 6.30. The van der Waals surface area contributed by atoms with E-state index in [0.717, 1.165) is 0 Å². The van der Waals surface area contributed by atoms with E-state index in [-0.39, 0.29) is 29.8 Å². The minimum atomic E-state index is -0.910. The van der Waals surface area contributed by atoms with Gasteiger partial charge < -0.3 is 15.8 Å². The van der Waals surface area contributed by atoms with Crippen LogP contribution in [0.2, 0.25) is 5.02 Å². The zero-order valence-electron chi connectivity index (χ0n) is 12.5. The van der Waals surface area contributed by atoms with Crippen LogP contribution in [0.25, 0.3) is 0 Å². The van der Waals surface area contributed by atoms with Gasteiger partial charge in [-0.3, -0.25) is 4.79 Å². The van der Waals surface area contributed by atoms with Crippen LogP contribution in [0.3, 0.4) is 0 Å². The van der Waals surface area contributed by atoms with Crippen molar-refractivity contribution in [3.63, 3.8) is 0 Å². The van der Waals surface area contributed by atoms with Crippen LogP contribution in [0.5, 0.6) is 0 Å². The second kappa shape index (κ2) is 6.53. The van der Waals surface area contributed by atoms with E-state index in [9.17, 15) is 4.79 Å². The standard InChI is InChI=1S/C15H21ClN2O2.ClH/c1-4-20-12-9-15(17,14(12,2)3)13(19)18-11-7-5-10(16)6-8-11;/h5-8,12H,4,9,17H2,1-3H3,(H,18,19);1H. The molecule has 1 fully saturated rings. The fourth-order valence-corrected chi connectivity index (χ4v) is 2.72. The lowest BCUT2D eigenvalue weighted by molar-refractivity contribution is -0.166. The van der Waals surface area contributed by atoms with Crippen molar-refractivity contribution in [3.05, 3.63) is 29.3 Å². The van der Waals surface area contributed by atoms with Crippen molar-refractivity contribution >= 4 is 35.6 Å². The van der Waals surface area contributed by atoms with Crippen LogP contribution < -0.4 is 11.1 Å². The Labute approximate surface area is 136 Å². The van der Waals surface area contributed by atoms with Crippen LogP contribution in [-0.2, 0) is 9.53 Å². The predicted molar refractivity (Wildman–Crippen MR) is 88.1 cm³/mol. The van der Waals surface area contributed by atoms with Gasteiger partial charge >= 0.3 is 0 Å². The van der Waals surface area contributed by atoms with Crippen LogP contribution in [0, 0.1) is 5.41 Å². The minimum absolute atomic E-state index is 0. The van der Waals surface area contributed by atoms with Gasteiger partial charge in [-0.25, -0.2) is 0 Å². The number of amides is 1. The highest BCUT2D eigenvalue weighted by Crippen LogP contribution is 2.50. The maximum absolute atomic E-state index is 12.4. The number of benzene rings is 1. The van der Waals surface area contributed by atoms with Gasteiger partial charge in [0.15, 0.2) is 0 Å². The second-order valence-electron chi connectivity index (χ2n) is 5.80. The van der Waals surface area contributed by atoms with Crippen molar-refractivity contribution in [2.24, 2.45) is 11.1 Å². The predicted octanol–water partition coefficient (Wildman–Crippen LogP) is 3.23. The average molecular weight is 333 g/mol. The lowest BCUT2D eigenvalue weighted by Crippen LogP contribution is -2.74. The number of nitrogens with one attached hydrogen (secondary N) is 1. The lowest BCUT2D eigenvalue weighted by Gasteiger charge is -2.57. The van der Waals surface area contributed by atoms with Gasteiger partial charge in [0.1, 0.15) is 5.54 Å². The van der Waals surface area contributed by atoms with Crippen molar-refractivity contribution in [3.8, 4) is 0 Å². The summed E-state index contributed by atoms with van der Waals surface area (Å²) in [5.74, 6) is -0.180. The van der Waals surface area contributed by atoms with Gasteiger partial charge in [0.2, 0.25) is 5.91 Å². The van der Waals surface area contributed by atoms with Crippen molar-refractivity contribution < 1.29 is 9.53 Å². The summed E-state index contributed by atoms with van der Waals surface area (Å²) in [6.45, 7) is 6.51. The Balaban J connectivity index is 0.00000220. The zero-order valence-corrected chi connectivity index (χ0v) is 14.1. The highest BCUT2D eigenvalue weighted by atomic mass is 35.5. The molecule has 1 aliphatic rings. The summed E-state index contributed by atoms with van der Waals surface area (Å²) in [6.07, 6.45) is 0.557. The zero-order chi connectivity index (χ0) is 15.0. The third-order valence-electron chi connectivity index (χ3n) is 4.34. The van der Waals surface area contributed by atoms with Crippen LogP contribution in [0.4, 0.5) is 5.69 Å². The molecule has 2 rings (SSSR count). The number of anilines is 1. The molecule has 2 atom stereocenters. The molecule has 0 radical (unpaired) electrons. The molecule has 118 valence electrons. The first kappa shape index (κ1) is 18.2. The fourth-order valence-electron chi connectivity index (χ4n) is 2.60. The third kappa shape index (κ3) is 3.19. The smallest absolute Gasteiger partial charge is 0.245 e. The largest absolute Gasteiger partial charge is 0.378 e. The number of halogens is 2. The molecule has 0 aromatic heterocycles. The molecule has 6 heteroatoms. The van der Waals surface area contributed by atoms with Gasteiger partial charge in [-0.2, -0.15) is 0 Å². The Morgan fingerprint density at radius 2 is 2.00 bits per heavy atom. The number of hydrogen-bond acceptors (Lipinski definition) is 3. The van der Waals surface area contributed by atoms with E-state index < -0.39 is 5.54 Å². The Morgan fingerprint density at radius 1 is 1.43 bits per heavy atom. The first-order chi connectivity index (χ1) is 9.31. The van der Waals surface area contributed by atoms with Crippen molar-refractivity contribution in [2.45, 2.75) is 38.8 Å². The molecule has 1 aliphatic carbocycles. The molecule has 0 heterocycles. The monoisotopic (exact) mass is 332 g/mol. The maximum atomic E-state index is 12.4. The summed E-state index contributed by atoms with van der Waals surface area (Å²) < 4.78 is 5.63. The number of carbonyl (C=O) groups is 1. The maximum Gasteiger partial charge on any atom is 0.245 e. The topological polar surface area (TPSA) is 64.3 Å². The molecule has 21 heavy (non-hydrogen) atoms. The van der Waals surface area contributed by atoms with Gasteiger partial charge in [-0.05, 0) is 31.2 Å². The average Bonchev–Trinajstić information content (AvgIpc) is 2.40. The summed E-state index contributed by atoms with van der Waals surface area (Å²) in [5, 5.41) is 3.48. The van der Waals surface area contributed by atoms with E-state index in [1.54, 1.807) is 24.3 Å². The summed E-state index contributed by atoms with van der Waals surface area (Å²) >= 11 is 5.82. The van der Waals surface area contributed by atoms with Gasteiger partial charge in [0, 0.05) is 29.2 Å². The molecule has 0 aliphatic heterocycles. The van der Waals surface area contributed by atoms with E-state index >= 15 is 0 Å². The van der Waals surface area contributed by atoms with Crippen LogP contribution in [0.15, 0.2) is 24.3 Å². The normalized spacial score (nSPS) is 26.4. The Bertz CT molecular complexity index is 505. The van der Waals surface area contributed by atoms with Crippen LogP contribution in [0.1, 0.15) is 27.2 Å². The van der Waals surface area contributed by atoms with E-state index in [0.29, 0.717) is 23.7 Å². The van der Waals surface area contributed by atoms with Gasteiger partial charge in [-0.1, -0.05) is 25.4 Å². The number of ether oxygens (including phenoxy) is 1. The Morgan fingerprint density at radius 3 is 2.48 bits per heavy atom. The first-order valence-corrected chi connectivity index (χ1v) is 7.16. The number of carbonyl (C=O) groups excluding carboxylic acids is 1. The molecule has 1 aromatic carbocycles. The number of nitrogens with two attached hydrogens (primary N) is 1. The number of hydrogen-bond donors (Lipinski definition) is 2. The van der Waals surface area contributed by atoms with Crippen LogP contribution in [-0.4, -0.2) is 24.2 Å². The van der Waals surface area contributed by atoms with Crippen LogP contribution >= 0.6 is 24.0 Å². The summed E-state index contributed by atoms with van der Waals surface area (Å²) in [7, 11) is 0. The molecule has 1 amide bonds. The highest BCUT2D eigenvalue weighted by Gasteiger charge is 2.62. The molecule has 2 unspecified atom stereocenters. The van der Waals surface area contributed by atoms with Gasteiger partial charge in [0.25, 0.3) is 0 Å². The lowest BCUT2D eigenvalue weighted by atomic mass is 9.54. The van der Waals surface area contributed by atoms with Crippen molar-refractivity contribution in [1.82, 2.24) is 0 Å². The number of rotatable bonds is 4. The molecule has 0 bridgehead atoms. The third-order valence-corrected chi connectivity index (χ3v) is 4.59. The fraction of sp³-hybridized carbons (Fsp3) is 0.533. The molecule has 3 N–H and O–H groups in total. The molecule has 0 spiro atoms. The molecule has 1 aromatic rings. The molecular formula is C15H22Cl2N2O2. The summed E-state index contributed by atoms with van der Waals surface area (Å²) in [5.41, 5.74) is 5.70. The summed E-state index contributed by atoms with van der Waals surface area (Å²) in [4.78, 5) is 12.4. The van der Waals surface area contributed by atoms with Gasteiger partial charge in [0.05, 0.1) is 6.10 Å². The van der Waals surface area contributed by atoms with E-state index in [1.807, 2.05) is 20.8 Å². The quantitative estimate of drug-likeness (QED) is 0.889. The van der Waals surface area contributed by atoms with Crippen molar-refractivity contribution in [2.75, 3.05) is 11.9 Å². The second-order valence-corrected chi connectivity index (χ2v) is 6.24. The SMILES string of the molecule is CCOC1CC(N)(C(=O)Nc2ccc(Cl)cc2)C1(C)C.Cl. The first-order valence-electron chi connectivity index (χ1n) is 6.79. The van der Waals surface area contributed by atoms with Gasteiger partial charge in [-0.15, -0.1) is 12.4 Å². The molecule has 4 nitrogen and oxygen atoms in total. The van der Waals surface area contributed by atoms with E-state index in [4.69, 9.17) is 22.1 Å². The molecule has 1 saturated carbocycles. The van der Waals surface area contributed by atoms with Crippen molar-refractivity contribution in [1.29, 1.82) is 0 Å².